The number of ether oxygens (including phenoxy) is 1. The van der Waals surface area contributed by atoms with Gasteiger partial charge in [0.2, 0.25) is 5.62 Å². The summed E-state index contributed by atoms with van der Waals surface area (Å²) >= 11 is 0. The second-order valence-corrected chi connectivity index (χ2v) is 7.37. The van der Waals surface area contributed by atoms with Crippen LogP contribution in [0.3, 0.4) is 0 Å². The lowest BCUT2D eigenvalue weighted by Gasteiger charge is -2.15. The van der Waals surface area contributed by atoms with Gasteiger partial charge in [-0.05, 0) is 37.1 Å². The van der Waals surface area contributed by atoms with Gasteiger partial charge in [0.25, 0.3) is 0 Å². The van der Waals surface area contributed by atoms with E-state index in [2.05, 4.69) is 17.6 Å². The van der Waals surface area contributed by atoms with Gasteiger partial charge in [-0.15, -0.1) is 0 Å². The summed E-state index contributed by atoms with van der Waals surface area (Å²) in [5, 5.41) is 19.2. The average molecular weight is 382 g/mol. The molecule has 0 radical (unpaired) electrons. The number of rotatable bonds is 10. The van der Waals surface area contributed by atoms with Crippen molar-refractivity contribution in [2.24, 2.45) is 0 Å². The average Bonchev–Trinajstić information content (AvgIpc) is 2.96. The van der Waals surface area contributed by atoms with Crippen LogP contribution in [0.1, 0.15) is 38.2 Å². The van der Waals surface area contributed by atoms with Crippen molar-refractivity contribution in [1.29, 1.82) is 5.41 Å². The third kappa shape index (κ3) is 4.65. The minimum absolute atomic E-state index is 0.202. The van der Waals surface area contributed by atoms with Crippen LogP contribution in [-0.4, -0.2) is 27.0 Å². The fourth-order valence-corrected chi connectivity index (χ4v) is 3.57. The molecular formula is C23H31N3O2. The van der Waals surface area contributed by atoms with Gasteiger partial charge in [0, 0.05) is 6.54 Å². The standard InChI is InChI=1S/C23H31N3O2/c1-3-4-5-10-15-25-20-12-7-8-13-21(20)26(23(25)24)16-19(27)17-28-22-14-9-6-11-18(22)2/h6-9,11-14,19,24,27H,3-5,10,15-17H2,1-2H3/t19-/m1/s1. The monoisotopic (exact) mass is 381 g/mol. The van der Waals surface area contributed by atoms with Crippen molar-refractivity contribution in [2.75, 3.05) is 6.61 Å². The lowest BCUT2D eigenvalue weighted by molar-refractivity contribution is 0.0917. The molecule has 3 aromatic rings. The molecule has 2 N–H and O–H groups in total. The van der Waals surface area contributed by atoms with Crippen LogP contribution in [0.15, 0.2) is 48.5 Å². The number of aromatic nitrogens is 2. The van der Waals surface area contributed by atoms with Gasteiger partial charge in [0.1, 0.15) is 18.5 Å². The predicted molar refractivity (Wildman–Crippen MR) is 113 cm³/mol. The molecule has 1 aromatic heterocycles. The van der Waals surface area contributed by atoms with Gasteiger partial charge in [-0.1, -0.05) is 56.5 Å². The molecule has 0 spiro atoms. The Kier molecular flexibility index (Phi) is 6.93. The smallest absolute Gasteiger partial charge is 0.203 e. The normalized spacial score (nSPS) is 12.4. The van der Waals surface area contributed by atoms with Crippen LogP contribution in [0.4, 0.5) is 0 Å². The van der Waals surface area contributed by atoms with Crippen LogP contribution in [0.5, 0.6) is 5.75 Å². The van der Waals surface area contributed by atoms with E-state index in [0.717, 1.165) is 35.3 Å². The largest absolute Gasteiger partial charge is 0.491 e. The van der Waals surface area contributed by atoms with E-state index < -0.39 is 6.10 Å². The molecule has 1 heterocycles. The maximum Gasteiger partial charge on any atom is 0.203 e. The van der Waals surface area contributed by atoms with Crippen molar-refractivity contribution >= 4 is 11.0 Å². The van der Waals surface area contributed by atoms with Crippen molar-refractivity contribution in [3.8, 4) is 5.75 Å². The molecule has 0 bridgehead atoms. The Labute approximate surface area is 166 Å². The lowest BCUT2D eigenvalue weighted by atomic mass is 10.2. The number of para-hydroxylation sites is 3. The number of aliphatic hydroxyl groups excluding tert-OH is 1. The second kappa shape index (κ2) is 9.60. The number of aliphatic hydroxyl groups is 1. The maximum absolute atomic E-state index is 10.6. The van der Waals surface area contributed by atoms with Crippen LogP contribution < -0.4 is 10.4 Å². The summed E-state index contributed by atoms with van der Waals surface area (Å²) < 4.78 is 9.74. The molecule has 150 valence electrons. The van der Waals surface area contributed by atoms with Crippen LogP contribution >= 0.6 is 0 Å². The highest BCUT2D eigenvalue weighted by molar-refractivity contribution is 5.75. The summed E-state index contributed by atoms with van der Waals surface area (Å²) in [6.45, 7) is 5.57. The van der Waals surface area contributed by atoms with Gasteiger partial charge in [0.05, 0.1) is 17.6 Å². The molecule has 0 aliphatic carbocycles. The fourth-order valence-electron chi connectivity index (χ4n) is 3.57. The molecule has 5 nitrogen and oxygen atoms in total. The lowest BCUT2D eigenvalue weighted by Crippen LogP contribution is -2.31. The van der Waals surface area contributed by atoms with E-state index in [1.54, 1.807) is 0 Å². The van der Waals surface area contributed by atoms with E-state index >= 15 is 0 Å². The number of benzene rings is 2. The minimum Gasteiger partial charge on any atom is -0.491 e. The number of hydrogen-bond acceptors (Lipinski definition) is 3. The molecule has 5 heteroatoms. The van der Waals surface area contributed by atoms with Crippen molar-refractivity contribution < 1.29 is 9.84 Å². The number of hydrogen-bond donors (Lipinski definition) is 2. The first-order valence-electron chi connectivity index (χ1n) is 10.2. The zero-order valence-corrected chi connectivity index (χ0v) is 16.9. The van der Waals surface area contributed by atoms with E-state index in [9.17, 15) is 5.11 Å². The van der Waals surface area contributed by atoms with Crippen molar-refractivity contribution in [3.05, 3.63) is 59.7 Å². The third-order valence-electron chi connectivity index (χ3n) is 5.13. The van der Waals surface area contributed by atoms with Crippen molar-refractivity contribution in [2.45, 2.75) is 58.7 Å². The molecule has 3 rings (SSSR count). The first kappa shape index (κ1) is 20.2. The Bertz CT molecular complexity index is 958. The highest BCUT2D eigenvalue weighted by Crippen LogP contribution is 2.17. The molecule has 0 fully saturated rings. The summed E-state index contributed by atoms with van der Waals surface area (Å²) in [4.78, 5) is 0. The molecule has 28 heavy (non-hydrogen) atoms. The van der Waals surface area contributed by atoms with E-state index in [0.29, 0.717) is 12.2 Å². The summed E-state index contributed by atoms with van der Waals surface area (Å²) in [6, 6.07) is 15.9. The Balaban J connectivity index is 1.74. The number of fused-ring (bicyclic) bond motifs is 1. The van der Waals surface area contributed by atoms with Gasteiger partial charge in [0.15, 0.2) is 0 Å². The molecule has 0 unspecified atom stereocenters. The molecule has 2 aromatic carbocycles. The number of unbranched alkanes of at least 4 members (excludes halogenated alkanes) is 3. The Morgan fingerprint density at radius 1 is 0.964 bits per heavy atom. The van der Waals surface area contributed by atoms with Gasteiger partial charge in [-0.3, -0.25) is 5.41 Å². The van der Waals surface area contributed by atoms with Crippen LogP contribution in [0.25, 0.3) is 11.0 Å². The first-order chi connectivity index (χ1) is 13.6. The number of nitrogens with zero attached hydrogens (tertiary/aromatic N) is 2. The van der Waals surface area contributed by atoms with Crippen molar-refractivity contribution in [1.82, 2.24) is 9.13 Å². The molecule has 0 aliphatic rings. The molecule has 1 atom stereocenters. The maximum atomic E-state index is 10.6. The van der Waals surface area contributed by atoms with E-state index in [1.807, 2.05) is 54.0 Å². The zero-order chi connectivity index (χ0) is 19.9. The van der Waals surface area contributed by atoms with Crippen LogP contribution in [0.2, 0.25) is 0 Å². The topological polar surface area (TPSA) is 63.2 Å². The Morgan fingerprint density at radius 3 is 2.36 bits per heavy atom. The Morgan fingerprint density at radius 2 is 1.64 bits per heavy atom. The van der Waals surface area contributed by atoms with E-state index in [4.69, 9.17) is 10.1 Å². The second-order valence-electron chi connectivity index (χ2n) is 7.37. The van der Waals surface area contributed by atoms with E-state index in [-0.39, 0.29) is 6.61 Å². The van der Waals surface area contributed by atoms with E-state index in [1.165, 1.54) is 19.3 Å². The molecule has 0 saturated carbocycles. The number of aryl methyl sites for hydroxylation is 2. The molecule has 0 saturated heterocycles. The zero-order valence-electron chi connectivity index (χ0n) is 16.9. The summed E-state index contributed by atoms with van der Waals surface area (Å²) in [7, 11) is 0. The quantitative estimate of drug-likeness (QED) is 0.516. The Hall–Kier alpha value is -2.53. The fraction of sp³-hybridized carbons (Fsp3) is 0.435. The minimum atomic E-state index is -0.687. The molecule has 0 aliphatic heterocycles. The number of nitrogens with one attached hydrogen (secondary N) is 1. The van der Waals surface area contributed by atoms with Gasteiger partial charge < -0.3 is 19.0 Å². The van der Waals surface area contributed by atoms with Crippen molar-refractivity contribution in [3.63, 3.8) is 0 Å². The van der Waals surface area contributed by atoms with Gasteiger partial charge in [-0.25, -0.2) is 0 Å². The summed E-state index contributed by atoms with van der Waals surface area (Å²) in [6.07, 6.45) is 3.98. The predicted octanol–water partition coefficient (Wildman–Crippen LogP) is 4.25. The molecule has 0 amide bonds. The summed E-state index contributed by atoms with van der Waals surface area (Å²) in [5.74, 6) is 0.788. The van der Waals surface area contributed by atoms with Crippen LogP contribution in [-0.2, 0) is 13.1 Å². The highest BCUT2D eigenvalue weighted by atomic mass is 16.5. The highest BCUT2D eigenvalue weighted by Gasteiger charge is 2.14. The molecular weight excluding hydrogens is 350 g/mol. The third-order valence-corrected chi connectivity index (χ3v) is 5.13. The number of imidazole rings is 1. The van der Waals surface area contributed by atoms with Gasteiger partial charge >= 0.3 is 0 Å². The first-order valence-corrected chi connectivity index (χ1v) is 10.2. The van der Waals surface area contributed by atoms with Crippen LogP contribution in [0, 0.1) is 12.3 Å². The van der Waals surface area contributed by atoms with Gasteiger partial charge in [-0.2, -0.15) is 0 Å². The SMILES string of the molecule is CCCCCCn1c(=N)n(C[C@@H](O)COc2ccccc2C)c2ccccc21. The summed E-state index contributed by atoms with van der Waals surface area (Å²) in [5.41, 5.74) is 3.52.